The molecule has 1 fully saturated rings. The molecule has 2 aliphatic heterocycles. The van der Waals surface area contributed by atoms with Crippen molar-refractivity contribution < 1.29 is 34.3 Å². The molecule has 1 aromatic carbocycles. The quantitative estimate of drug-likeness (QED) is 0.569. The molecule has 0 radical (unpaired) electrons. The maximum absolute atomic E-state index is 11.7. The normalized spacial score (nSPS) is 20.6. The predicted octanol–water partition coefficient (Wildman–Crippen LogP) is 0.407. The van der Waals surface area contributed by atoms with Crippen LogP contribution in [0.2, 0.25) is 6.32 Å². The van der Waals surface area contributed by atoms with Crippen molar-refractivity contribution >= 4 is 19.4 Å². The minimum absolute atomic E-state index is 0.0142. The molecule has 0 amide bonds. The summed E-state index contributed by atoms with van der Waals surface area (Å²) in [5.41, 5.74) is 0.801. The molecule has 2 heterocycles. The van der Waals surface area contributed by atoms with Crippen molar-refractivity contribution in [1.29, 1.82) is 0 Å². The number of carbonyl (C=O) groups is 2. The van der Waals surface area contributed by atoms with Gasteiger partial charge in [0.25, 0.3) is 7.48 Å². The van der Waals surface area contributed by atoms with Gasteiger partial charge >= 0.3 is 11.9 Å². The highest BCUT2D eigenvalue weighted by Gasteiger charge is 2.35. The lowest BCUT2D eigenvalue weighted by molar-refractivity contribution is -0.142. The first-order chi connectivity index (χ1) is 12.4. The monoisotopic (exact) mass is 363 g/mol. The lowest BCUT2D eigenvalue weighted by Crippen LogP contribution is -2.55. The van der Waals surface area contributed by atoms with E-state index in [1.165, 1.54) is 0 Å². The molecule has 2 atom stereocenters. The molecule has 1 saturated heterocycles. The molecule has 3 rings (SSSR count). The summed E-state index contributed by atoms with van der Waals surface area (Å²) in [5.74, 6) is -1.84. The Kier molecular flexibility index (Phi) is 5.38. The Bertz CT molecular complexity index is 705. The summed E-state index contributed by atoms with van der Waals surface area (Å²) >= 11 is 0. The number of carboxylic acid groups (broad SMARTS) is 2. The second kappa shape index (κ2) is 7.55. The number of carboxylic acids is 2. The van der Waals surface area contributed by atoms with E-state index in [4.69, 9.17) is 19.6 Å². The first-order valence-corrected chi connectivity index (χ1v) is 8.66. The number of ether oxygens (including phenoxy) is 2. The van der Waals surface area contributed by atoms with Gasteiger partial charge in [0.2, 0.25) is 0 Å². The molecule has 0 spiro atoms. The molecule has 9 heteroatoms. The fourth-order valence-electron chi connectivity index (χ4n) is 3.42. The zero-order valence-corrected chi connectivity index (χ0v) is 14.6. The van der Waals surface area contributed by atoms with Gasteiger partial charge in [0, 0.05) is 31.1 Å². The van der Waals surface area contributed by atoms with E-state index in [-0.39, 0.29) is 30.8 Å². The van der Waals surface area contributed by atoms with E-state index in [0.29, 0.717) is 38.3 Å². The molecule has 3 N–H and O–H groups in total. The van der Waals surface area contributed by atoms with Crippen molar-refractivity contribution in [2.75, 3.05) is 26.2 Å². The number of aromatic carboxylic acids is 1. The van der Waals surface area contributed by atoms with Gasteiger partial charge in [-0.2, -0.15) is 0 Å². The first-order valence-electron chi connectivity index (χ1n) is 8.66. The smallest absolute Gasteiger partial charge is 0.343 e. The van der Waals surface area contributed by atoms with Gasteiger partial charge in [-0.05, 0) is 12.4 Å². The lowest BCUT2D eigenvalue weighted by Gasteiger charge is -2.40. The Morgan fingerprint density at radius 1 is 1.38 bits per heavy atom. The maximum atomic E-state index is 11.7. The predicted molar refractivity (Wildman–Crippen MR) is 93.5 cm³/mol. The van der Waals surface area contributed by atoms with Crippen molar-refractivity contribution in [1.82, 2.24) is 4.90 Å². The molecular weight excluding hydrogens is 341 g/mol. The summed E-state index contributed by atoms with van der Waals surface area (Å²) in [4.78, 5) is 24.6. The Morgan fingerprint density at radius 2 is 2.12 bits per heavy atom. The summed E-state index contributed by atoms with van der Waals surface area (Å²) < 4.78 is 11.4. The maximum Gasteiger partial charge on any atom is 0.343 e. The topological polar surface area (TPSA) is 117 Å². The SMILES string of the molecule is CC(CN1CC(Oc2ccc3c(c2C(=O)O)OC[C@H]3CBO)C1)C(=O)O. The highest BCUT2D eigenvalue weighted by atomic mass is 16.5. The summed E-state index contributed by atoms with van der Waals surface area (Å²) in [7, 11) is 0.0147. The van der Waals surface area contributed by atoms with E-state index in [9.17, 15) is 14.7 Å². The molecule has 0 aliphatic carbocycles. The van der Waals surface area contributed by atoms with E-state index < -0.39 is 17.9 Å². The molecule has 26 heavy (non-hydrogen) atoms. The van der Waals surface area contributed by atoms with Gasteiger partial charge < -0.3 is 24.7 Å². The third-order valence-electron chi connectivity index (χ3n) is 4.88. The van der Waals surface area contributed by atoms with Crippen molar-refractivity contribution in [2.45, 2.75) is 25.3 Å². The second-order valence-electron chi connectivity index (χ2n) is 6.88. The van der Waals surface area contributed by atoms with Crippen LogP contribution in [0.3, 0.4) is 0 Å². The first kappa shape index (κ1) is 18.5. The van der Waals surface area contributed by atoms with Crippen LogP contribution in [0.1, 0.15) is 28.8 Å². The van der Waals surface area contributed by atoms with Crippen LogP contribution >= 0.6 is 0 Å². The summed E-state index contributed by atoms with van der Waals surface area (Å²) in [6, 6.07) is 3.44. The second-order valence-corrected chi connectivity index (χ2v) is 6.88. The van der Waals surface area contributed by atoms with E-state index in [1.54, 1.807) is 19.1 Å². The summed E-state index contributed by atoms with van der Waals surface area (Å²) in [6.07, 6.45) is 0.341. The number of benzene rings is 1. The van der Waals surface area contributed by atoms with Gasteiger partial charge in [0.15, 0.2) is 0 Å². The van der Waals surface area contributed by atoms with Crippen molar-refractivity contribution in [3.63, 3.8) is 0 Å². The van der Waals surface area contributed by atoms with Crippen LogP contribution in [0.15, 0.2) is 12.1 Å². The Labute approximate surface area is 151 Å². The highest BCUT2D eigenvalue weighted by Crippen LogP contribution is 2.43. The number of hydrogen-bond donors (Lipinski definition) is 3. The average molecular weight is 363 g/mol. The van der Waals surface area contributed by atoms with E-state index in [0.717, 1.165) is 5.56 Å². The van der Waals surface area contributed by atoms with Gasteiger partial charge in [-0.3, -0.25) is 9.69 Å². The van der Waals surface area contributed by atoms with E-state index in [2.05, 4.69) is 0 Å². The Balaban J connectivity index is 1.68. The zero-order chi connectivity index (χ0) is 18.8. The minimum atomic E-state index is -1.11. The zero-order valence-electron chi connectivity index (χ0n) is 14.6. The van der Waals surface area contributed by atoms with Crippen LogP contribution in [0.4, 0.5) is 0 Å². The molecule has 0 bridgehead atoms. The van der Waals surface area contributed by atoms with Crippen LogP contribution in [0.25, 0.3) is 0 Å². The van der Waals surface area contributed by atoms with Gasteiger partial charge in [0.1, 0.15) is 23.2 Å². The lowest BCUT2D eigenvalue weighted by atomic mass is 9.82. The van der Waals surface area contributed by atoms with Crippen LogP contribution in [-0.4, -0.2) is 71.9 Å². The van der Waals surface area contributed by atoms with Crippen LogP contribution in [-0.2, 0) is 4.79 Å². The number of aliphatic carboxylic acids is 1. The summed E-state index contributed by atoms with van der Waals surface area (Å²) in [5, 5.41) is 27.7. The Morgan fingerprint density at radius 3 is 2.73 bits per heavy atom. The van der Waals surface area contributed by atoms with E-state index >= 15 is 0 Å². The molecule has 140 valence electrons. The number of hydrogen-bond acceptors (Lipinski definition) is 6. The number of nitrogens with zero attached hydrogens (tertiary/aromatic N) is 1. The molecule has 2 aliphatic rings. The van der Waals surface area contributed by atoms with Gasteiger partial charge in [-0.15, -0.1) is 0 Å². The molecule has 0 saturated carbocycles. The molecular formula is C17H22BNO7. The molecule has 8 nitrogen and oxygen atoms in total. The third kappa shape index (κ3) is 3.63. The van der Waals surface area contributed by atoms with Crippen LogP contribution in [0.5, 0.6) is 11.5 Å². The van der Waals surface area contributed by atoms with Crippen molar-refractivity contribution in [2.24, 2.45) is 5.92 Å². The number of fused-ring (bicyclic) bond motifs is 1. The standard InChI is InChI=1S/C17H22BNO7/c1-9(16(20)21)5-19-6-11(7-19)26-13-3-2-12-10(4-18-24)8-25-15(12)14(13)17(22)23/h2-3,9-11,18,24H,4-8H2,1H3,(H,20,21)(H,22,23)/t9?,10-/m1/s1. The van der Waals surface area contributed by atoms with Crippen LogP contribution < -0.4 is 9.47 Å². The van der Waals surface area contributed by atoms with Crippen molar-refractivity contribution in [3.05, 3.63) is 23.3 Å². The van der Waals surface area contributed by atoms with Gasteiger partial charge in [-0.25, -0.2) is 4.79 Å². The largest absolute Gasteiger partial charge is 0.492 e. The highest BCUT2D eigenvalue weighted by molar-refractivity contribution is 6.25. The fraction of sp³-hybridized carbons (Fsp3) is 0.529. The van der Waals surface area contributed by atoms with Crippen LogP contribution in [0, 0.1) is 5.92 Å². The molecule has 1 unspecified atom stereocenters. The summed E-state index contributed by atoms with van der Waals surface area (Å²) in [6.45, 7) is 3.56. The molecule has 1 aromatic rings. The van der Waals surface area contributed by atoms with Gasteiger partial charge in [-0.1, -0.05) is 13.0 Å². The minimum Gasteiger partial charge on any atom is -0.492 e. The number of rotatable bonds is 8. The van der Waals surface area contributed by atoms with Crippen molar-refractivity contribution in [3.8, 4) is 11.5 Å². The molecule has 0 aromatic heterocycles. The third-order valence-corrected chi connectivity index (χ3v) is 4.88. The van der Waals surface area contributed by atoms with Gasteiger partial charge in [0.05, 0.1) is 12.5 Å². The fourth-order valence-corrected chi connectivity index (χ4v) is 3.42. The average Bonchev–Trinajstić information content (AvgIpc) is 2.95. The van der Waals surface area contributed by atoms with E-state index in [1.807, 2.05) is 4.90 Å². The number of likely N-dealkylation sites (tertiary alicyclic amines) is 1. The Hall–Kier alpha value is -2.26.